The lowest BCUT2D eigenvalue weighted by atomic mass is 9.95. The van der Waals surface area contributed by atoms with Crippen molar-refractivity contribution in [1.82, 2.24) is 9.88 Å². The van der Waals surface area contributed by atoms with Gasteiger partial charge in [-0.15, -0.1) is 0 Å². The molecule has 1 aliphatic rings. The summed E-state index contributed by atoms with van der Waals surface area (Å²) < 4.78 is 11.3. The van der Waals surface area contributed by atoms with Crippen LogP contribution in [0.2, 0.25) is 0 Å². The maximum atomic E-state index is 12.0. The van der Waals surface area contributed by atoms with Crippen LogP contribution in [0.3, 0.4) is 0 Å². The third kappa shape index (κ3) is 5.43. The number of hydrogen-bond donors (Lipinski definition) is 1. The molecule has 10 nitrogen and oxygen atoms in total. The highest BCUT2D eigenvalue weighted by molar-refractivity contribution is 5.80. The minimum Gasteiger partial charge on any atom is -0.456 e. The van der Waals surface area contributed by atoms with Gasteiger partial charge in [0.05, 0.1) is 16.5 Å². The third-order valence-corrected chi connectivity index (χ3v) is 4.96. The van der Waals surface area contributed by atoms with Gasteiger partial charge in [-0.25, -0.2) is 4.79 Å². The van der Waals surface area contributed by atoms with Crippen LogP contribution in [0, 0.1) is 10.1 Å². The summed E-state index contributed by atoms with van der Waals surface area (Å²) in [5, 5.41) is 13.7. The number of ether oxygens (including phenoxy) is 1. The summed E-state index contributed by atoms with van der Waals surface area (Å²) >= 11 is 0. The van der Waals surface area contributed by atoms with Gasteiger partial charge in [-0.2, -0.15) is 0 Å². The van der Waals surface area contributed by atoms with Crippen molar-refractivity contribution in [2.45, 2.75) is 57.5 Å². The van der Waals surface area contributed by atoms with Crippen molar-refractivity contribution < 1.29 is 23.7 Å². The Balaban J connectivity index is 1.45. The van der Waals surface area contributed by atoms with E-state index in [4.69, 9.17) is 9.15 Å². The zero-order valence-electron chi connectivity index (χ0n) is 15.9. The Morgan fingerprint density at radius 1 is 1.28 bits per heavy atom. The Hall–Kier alpha value is -3.17. The Morgan fingerprint density at radius 2 is 2.03 bits per heavy atom. The number of non-ortho nitro benzene ring substituents is 1. The van der Waals surface area contributed by atoms with Gasteiger partial charge in [0.1, 0.15) is 0 Å². The number of oxazole rings is 1. The van der Waals surface area contributed by atoms with Gasteiger partial charge in [0.2, 0.25) is 0 Å². The molecule has 29 heavy (non-hydrogen) atoms. The fourth-order valence-electron chi connectivity index (χ4n) is 3.50. The maximum absolute atomic E-state index is 12.0. The van der Waals surface area contributed by atoms with Crippen LogP contribution in [-0.2, 0) is 20.9 Å². The van der Waals surface area contributed by atoms with Crippen molar-refractivity contribution >= 4 is 28.7 Å². The number of nitrogens with zero attached hydrogens (tertiary/aromatic N) is 2. The lowest BCUT2D eigenvalue weighted by Crippen LogP contribution is -2.38. The zero-order chi connectivity index (χ0) is 20.8. The molecule has 1 N–H and O–H groups in total. The Bertz CT molecular complexity index is 956. The quantitative estimate of drug-likeness (QED) is 0.404. The molecule has 0 spiro atoms. The van der Waals surface area contributed by atoms with E-state index in [9.17, 15) is 24.5 Å². The lowest BCUT2D eigenvalue weighted by Gasteiger charge is -2.22. The number of nitro groups is 1. The molecule has 2 aromatic rings. The first-order chi connectivity index (χ1) is 13.9. The second-order valence-electron chi connectivity index (χ2n) is 7.10. The van der Waals surface area contributed by atoms with E-state index < -0.39 is 16.6 Å². The van der Waals surface area contributed by atoms with Gasteiger partial charge in [0.25, 0.3) is 11.6 Å². The number of amides is 1. The van der Waals surface area contributed by atoms with Gasteiger partial charge in [-0.05, 0) is 25.3 Å². The van der Waals surface area contributed by atoms with Crippen LogP contribution in [0.5, 0.6) is 0 Å². The minimum absolute atomic E-state index is 0.0306. The smallest absolute Gasteiger partial charge is 0.419 e. The normalized spacial score (nSPS) is 14.6. The van der Waals surface area contributed by atoms with Crippen molar-refractivity contribution in [3.05, 3.63) is 38.9 Å². The molecule has 1 aromatic heterocycles. The van der Waals surface area contributed by atoms with Crippen LogP contribution < -0.4 is 11.1 Å². The van der Waals surface area contributed by atoms with Crippen LogP contribution in [-0.4, -0.2) is 34.0 Å². The van der Waals surface area contributed by atoms with Crippen molar-refractivity contribution in [2.75, 3.05) is 6.61 Å². The minimum atomic E-state index is -0.652. The standard InChI is InChI=1S/C19H23N3O7/c23-17(20-13-5-2-1-3-6-13)12-28-18(24)7-4-10-21-15-9-8-14(22(26)27)11-16(15)29-19(21)25/h8-9,11,13H,1-7,10,12H2,(H,20,23). The summed E-state index contributed by atoms with van der Waals surface area (Å²) in [6.45, 7) is -0.124. The van der Waals surface area contributed by atoms with E-state index in [1.54, 1.807) is 0 Å². The average molecular weight is 405 g/mol. The molecule has 10 heteroatoms. The molecule has 0 bridgehead atoms. The predicted molar refractivity (Wildman–Crippen MR) is 102 cm³/mol. The Kier molecular flexibility index (Phi) is 6.63. The molecule has 1 saturated carbocycles. The molecule has 1 aliphatic carbocycles. The molecule has 1 fully saturated rings. The first-order valence-electron chi connectivity index (χ1n) is 9.67. The second kappa shape index (κ2) is 9.35. The van der Waals surface area contributed by atoms with E-state index in [1.807, 2.05) is 0 Å². The van der Waals surface area contributed by atoms with Gasteiger partial charge >= 0.3 is 11.7 Å². The van der Waals surface area contributed by atoms with Gasteiger partial charge in [0.15, 0.2) is 12.2 Å². The van der Waals surface area contributed by atoms with Crippen molar-refractivity contribution in [3.8, 4) is 0 Å². The zero-order valence-corrected chi connectivity index (χ0v) is 15.9. The van der Waals surface area contributed by atoms with Crippen LogP contribution in [0.25, 0.3) is 11.1 Å². The molecule has 0 saturated heterocycles. The molecule has 1 heterocycles. The number of benzene rings is 1. The third-order valence-electron chi connectivity index (χ3n) is 4.96. The summed E-state index contributed by atoms with van der Waals surface area (Å²) in [5.74, 6) is -1.48. The van der Waals surface area contributed by atoms with Crippen LogP contribution in [0.15, 0.2) is 27.4 Å². The van der Waals surface area contributed by atoms with E-state index in [2.05, 4.69) is 5.32 Å². The van der Waals surface area contributed by atoms with E-state index in [0.29, 0.717) is 11.9 Å². The Labute approximate surface area is 166 Å². The molecule has 156 valence electrons. The summed E-state index contributed by atoms with van der Waals surface area (Å²) in [7, 11) is 0. The second-order valence-corrected chi connectivity index (χ2v) is 7.10. The van der Waals surface area contributed by atoms with Gasteiger partial charge in [-0.1, -0.05) is 19.3 Å². The fraction of sp³-hybridized carbons (Fsp3) is 0.526. The van der Waals surface area contributed by atoms with Gasteiger partial charge < -0.3 is 14.5 Å². The fourth-order valence-corrected chi connectivity index (χ4v) is 3.50. The summed E-state index contributed by atoms with van der Waals surface area (Å²) in [5.41, 5.74) is 0.362. The molecular weight excluding hydrogens is 382 g/mol. The highest BCUT2D eigenvalue weighted by atomic mass is 16.6. The summed E-state index contributed by atoms with van der Waals surface area (Å²) in [4.78, 5) is 45.9. The monoisotopic (exact) mass is 405 g/mol. The molecular formula is C19H23N3O7. The number of carbonyl (C=O) groups is 2. The van der Waals surface area contributed by atoms with Gasteiger partial charge in [0, 0.05) is 25.1 Å². The number of nitro benzene ring substituents is 1. The first-order valence-corrected chi connectivity index (χ1v) is 9.67. The molecule has 3 rings (SSSR count). The number of carbonyl (C=O) groups excluding carboxylic acids is 2. The van der Waals surface area contributed by atoms with Crippen molar-refractivity contribution in [3.63, 3.8) is 0 Å². The van der Waals surface area contributed by atoms with Crippen LogP contribution in [0.1, 0.15) is 44.9 Å². The number of hydrogen-bond acceptors (Lipinski definition) is 7. The number of aryl methyl sites for hydroxylation is 1. The number of rotatable bonds is 8. The van der Waals surface area contributed by atoms with Crippen molar-refractivity contribution in [2.24, 2.45) is 0 Å². The molecule has 0 radical (unpaired) electrons. The molecule has 0 unspecified atom stereocenters. The number of fused-ring (bicyclic) bond motifs is 1. The summed E-state index contributed by atoms with van der Waals surface area (Å²) in [6, 6.07) is 4.07. The Morgan fingerprint density at radius 3 is 2.76 bits per heavy atom. The molecule has 0 aliphatic heterocycles. The number of aromatic nitrogens is 1. The first kappa shape index (κ1) is 20.6. The highest BCUT2D eigenvalue weighted by Gasteiger charge is 2.17. The largest absolute Gasteiger partial charge is 0.456 e. The van der Waals surface area contributed by atoms with Crippen molar-refractivity contribution in [1.29, 1.82) is 0 Å². The van der Waals surface area contributed by atoms with Gasteiger partial charge in [-0.3, -0.25) is 24.3 Å². The van der Waals surface area contributed by atoms with Crippen LogP contribution >= 0.6 is 0 Å². The van der Waals surface area contributed by atoms with E-state index in [0.717, 1.165) is 25.7 Å². The van der Waals surface area contributed by atoms with E-state index in [1.165, 1.54) is 29.2 Å². The van der Waals surface area contributed by atoms with Crippen LogP contribution in [0.4, 0.5) is 5.69 Å². The summed E-state index contributed by atoms with van der Waals surface area (Å²) in [6.07, 6.45) is 5.62. The predicted octanol–water partition coefficient (Wildman–Crippen LogP) is 2.28. The average Bonchev–Trinajstić information content (AvgIpc) is 3.01. The topological polar surface area (TPSA) is 134 Å². The molecule has 1 aromatic carbocycles. The van der Waals surface area contributed by atoms with E-state index in [-0.39, 0.29) is 42.8 Å². The number of nitrogens with one attached hydrogen (secondary N) is 1. The SMILES string of the molecule is O=C(COC(=O)CCCn1c(=O)oc2cc([N+](=O)[O-])ccc21)NC1CCCCC1. The lowest BCUT2D eigenvalue weighted by molar-refractivity contribution is -0.384. The van der Waals surface area contributed by atoms with E-state index >= 15 is 0 Å². The molecule has 1 amide bonds. The maximum Gasteiger partial charge on any atom is 0.419 e. The number of esters is 1. The highest BCUT2D eigenvalue weighted by Crippen LogP contribution is 2.20. The molecule has 0 atom stereocenters.